The van der Waals surface area contributed by atoms with Gasteiger partial charge < -0.3 is 21.1 Å². The van der Waals surface area contributed by atoms with E-state index in [2.05, 4.69) is 17.6 Å². The summed E-state index contributed by atoms with van der Waals surface area (Å²) in [6.45, 7) is 3.08. The van der Waals surface area contributed by atoms with E-state index < -0.39 is 12.0 Å². The van der Waals surface area contributed by atoms with Crippen LogP contribution in [0.5, 0.6) is 0 Å². The molecule has 0 saturated carbocycles. The van der Waals surface area contributed by atoms with Gasteiger partial charge in [0, 0.05) is 25.9 Å². The van der Waals surface area contributed by atoms with Gasteiger partial charge in [0.25, 0.3) is 0 Å². The quantitative estimate of drug-likeness (QED) is 0.113. The standard InChI is InChI=1S/C31H53N3O4/c1-2-3-4-5-6-7-8-9-10-11-12-13-14-18-21-29(35)34-28(31(37)33-25-24-32)22-23-30(36)38-26-27-19-16-15-17-20-27/h15-17,19-20,28H,2-14,18,21-26,32H2,1H3,(H,33,37)(H,34,35)/t28-/m0/s1. The van der Waals surface area contributed by atoms with E-state index in [4.69, 9.17) is 10.5 Å². The van der Waals surface area contributed by atoms with Gasteiger partial charge in [-0.05, 0) is 18.4 Å². The molecule has 1 atom stereocenters. The van der Waals surface area contributed by atoms with Gasteiger partial charge in [-0.25, -0.2) is 0 Å². The van der Waals surface area contributed by atoms with Crippen LogP contribution in [-0.4, -0.2) is 36.9 Å². The number of amides is 2. The van der Waals surface area contributed by atoms with Crippen LogP contribution in [0.3, 0.4) is 0 Å². The molecule has 0 radical (unpaired) electrons. The molecule has 0 spiro atoms. The summed E-state index contributed by atoms with van der Waals surface area (Å²) < 4.78 is 5.30. The highest BCUT2D eigenvalue weighted by molar-refractivity contribution is 5.88. The van der Waals surface area contributed by atoms with Crippen LogP contribution in [0.25, 0.3) is 0 Å². The van der Waals surface area contributed by atoms with Gasteiger partial charge in [0.2, 0.25) is 11.8 Å². The fourth-order valence-corrected chi connectivity index (χ4v) is 4.41. The van der Waals surface area contributed by atoms with Crippen molar-refractivity contribution < 1.29 is 19.1 Å². The van der Waals surface area contributed by atoms with E-state index in [1.165, 1.54) is 70.6 Å². The van der Waals surface area contributed by atoms with Crippen LogP contribution in [0.2, 0.25) is 0 Å². The Morgan fingerprint density at radius 1 is 0.789 bits per heavy atom. The number of hydrogen-bond donors (Lipinski definition) is 3. The number of hydrogen-bond acceptors (Lipinski definition) is 5. The summed E-state index contributed by atoms with van der Waals surface area (Å²) in [5.41, 5.74) is 6.39. The number of nitrogens with one attached hydrogen (secondary N) is 2. The van der Waals surface area contributed by atoms with Gasteiger partial charge in [0.1, 0.15) is 12.6 Å². The molecule has 216 valence electrons. The molecule has 0 bridgehead atoms. The van der Waals surface area contributed by atoms with Crippen molar-refractivity contribution in [2.24, 2.45) is 5.73 Å². The number of ether oxygens (including phenoxy) is 1. The number of carbonyl (C=O) groups excluding carboxylic acids is 3. The Hall–Kier alpha value is -2.41. The van der Waals surface area contributed by atoms with Crippen molar-refractivity contribution in [1.29, 1.82) is 0 Å². The normalized spacial score (nSPS) is 11.6. The minimum atomic E-state index is -0.773. The van der Waals surface area contributed by atoms with Gasteiger partial charge in [-0.1, -0.05) is 121 Å². The molecule has 7 heteroatoms. The largest absolute Gasteiger partial charge is 0.461 e. The SMILES string of the molecule is CCCCCCCCCCCCCCCCC(=O)N[C@@H](CCC(=O)OCc1ccccc1)C(=O)NCCN. The van der Waals surface area contributed by atoms with E-state index in [9.17, 15) is 14.4 Å². The van der Waals surface area contributed by atoms with Gasteiger partial charge in [-0.15, -0.1) is 0 Å². The average Bonchev–Trinajstić information content (AvgIpc) is 2.93. The number of nitrogens with two attached hydrogens (primary N) is 1. The van der Waals surface area contributed by atoms with Crippen molar-refractivity contribution in [3.8, 4) is 0 Å². The second-order valence-electron chi connectivity index (χ2n) is 10.2. The van der Waals surface area contributed by atoms with Crippen molar-refractivity contribution in [2.45, 2.75) is 129 Å². The van der Waals surface area contributed by atoms with Gasteiger partial charge in [0.15, 0.2) is 0 Å². The lowest BCUT2D eigenvalue weighted by Crippen LogP contribution is -2.48. The monoisotopic (exact) mass is 531 g/mol. The highest BCUT2D eigenvalue weighted by Gasteiger charge is 2.21. The molecule has 2 amide bonds. The van der Waals surface area contributed by atoms with Crippen LogP contribution in [0.1, 0.15) is 122 Å². The zero-order chi connectivity index (χ0) is 27.7. The van der Waals surface area contributed by atoms with E-state index in [0.29, 0.717) is 19.5 Å². The number of esters is 1. The molecule has 0 heterocycles. The minimum absolute atomic E-state index is 0.0483. The van der Waals surface area contributed by atoms with Gasteiger partial charge in [-0.2, -0.15) is 0 Å². The molecule has 0 fully saturated rings. The molecule has 38 heavy (non-hydrogen) atoms. The first-order valence-corrected chi connectivity index (χ1v) is 15.0. The third-order valence-corrected chi connectivity index (χ3v) is 6.73. The van der Waals surface area contributed by atoms with Gasteiger partial charge in [-0.3, -0.25) is 14.4 Å². The molecule has 0 aromatic heterocycles. The predicted molar refractivity (Wildman–Crippen MR) is 154 cm³/mol. The molecule has 7 nitrogen and oxygen atoms in total. The van der Waals surface area contributed by atoms with Gasteiger partial charge in [0.05, 0.1) is 0 Å². The second kappa shape index (κ2) is 23.7. The number of unbranched alkanes of at least 4 members (excludes halogenated alkanes) is 13. The highest BCUT2D eigenvalue weighted by Crippen LogP contribution is 2.13. The first-order chi connectivity index (χ1) is 18.6. The lowest BCUT2D eigenvalue weighted by atomic mass is 10.0. The molecule has 0 unspecified atom stereocenters. The number of carbonyl (C=O) groups is 3. The Kier molecular flexibility index (Phi) is 21.0. The molecule has 0 saturated heterocycles. The third-order valence-electron chi connectivity index (χ3n) is 6.73. The third kappa shape index (κ3) is 18.8. The Bertz CT molecular complexity index is 742. The van der Waals surface area contributed by atoms with E-state index in [1.807, 2.05) is 30.3 Å². The maximum absolute atomic E-state index is 12.5. The Morgan fingerprint density at radius 2 is 1.34 bits per heavy atom. The van der Waals surface area contributed by atoms with Crippen LogP contribution in [0.15, 0.2) is 30.3 Å². The number of benzene rings is 1. The zero-order valence-corrected chi connectivity index (χ0v) is 23.8. The topological polar surface area (TPSA) is 111 Å². The molecule has 0 aliphatic heterocycles. The lowest BCUT2D eigenvalue weighted by Gasteiger charge is -2.18. The molecule has 4 N–H and O–H groups in total. The maximum Gasteiger partial charge on any atom is 0.306 e. The molecule has 0 aliphatic rings. The molecular weight excluding hydrogens is 478 g/mol. The highest BCUT2D eigenvalue weighted by atomic mass is 16.5. The van der Waals surface area contributed by atoms with Crippen LogP contribution < -0.4 is 16.4 Å². The summed E-state index contributed by atoms with van der Waals surface area (Å²) >= 11 is 0. The van der Waals surface area contributed by atoms with Crippen molar-refractivity contribution >= 4 is 17.8 Å². The Balaban J connectivity index is 2.17. The summed E-state index contributed by atoms with van der Waals surface area (Å²) in [4.78, 5) is 37.1. The lowest BCUT2D eigenvalue weighted by molar-refractivity contribution is -0.145. The first-order valence-electron chi connectivity index (χ1n) is 15.0. The van der Waals surface area contributed by atoms with E-state index in [-0.39, 0.29) is 31.3 Å². The van der Waals surface area contributed by atoms with Crippen LogP contribution in [0, 0.1) is 0 Å². The fourth-order valence-electron chi connectivity index (χ4n) is 4.41. The van der Waals surface area contributed by atoms with Crippen molar-refractivity contribution in [3.63, 3.8) is 0 Å². The summed E-state index contributed by atoms with van der Waals surface area (Å²) in [6.07, 6.45) is 18.3. The smallest absolute Gasteiger partial charge is 0.306 e. The van der Waals surface area contributed by atoms with E-state index in [0.717, 1.165) is 24.8 Å². The Morgan fingerprint density at radius 3 is 1.89 bits per heavy atom. The minimum Gasteiger partial charge on any atom is -0.461 e. The van der Waals surface area contributed by atoms with Crippen molar-refractivity contribution in [1.82, 2.24) is 10.6 Å². The molecule has 0 aliphatic carbocycles. The second-order valence-corrected chi connectivity index (χ2v) is 10.2. The van der Waals surface area contributed by atoms with Crippen LogP contribution in [-0.2, 0) is 25.7 Å². The van der Waals surface area contributed by atoms with E-state index >= 15 is 0 Å². The Labute approximate surface area is 231 Å². The molecule has 1 rings (SSSR count). The summed E-state index contributed by atoms with van der Waals surface area (Å²) in [6, 6.07) is 8.66. The average molecular weight is 532 g/mol. The molecule has 1 aromatic rings. The summed E-state index contributed by atoms with van der Waals surface area (Å²) in [7, 11) is 0. The summed E-state index contributed by atoms with van der Waals surface area (Å²) in [5.74, 6) is -0.873. The van der Waals surface area contributed by atoms with Crippen molar-refractivity contribution in [3.05, 3.63) is 35.9 Å². The van der Waals surface area contributed by atoms with Crippen LogP contribution in [0.4, 0.5) is 0 Å². The van der Waals surface area contributed by atoms with Crippen molar-refractivity contribution in [2.75, 3.05) is 13.1 Å². The fraction of sp³-hybridized carbons (Fsp3) is 0.710. The summed E-state index contributed by atoms with van der Waals surface area (Å²) in [5, 5.41) is 5.51. The molecule has 1 aromatic carbocycles. The number of rotatable bonds is 24. The zero-order valence-electron chi connectivity index (χ0n) is 23.8. The van der Waals surface area contributed by atoms with E-state index in [1.54, 1.807) is 0 Å². The predicted octanol–water partition coefficient (Wildman–Crippen LogP) is 5.94. The van der Waals surface area contributed by atoms with Gasteiger partial charge >= 0.3 is 5.97 Å². The molecular formula is C31H53N3O4. The maximum atomic E-state index is 12.5. The first kappa shape index (κ1) is 33.6. The van der Waals surface area contributed by atoms with Crippen LogP contribution >= 0.6 is 0 Å².